The summed E-state index contributed by atoms with van der Waals surface area (Å²) in [6.45, 7) is 9.98. The highest BCUT2D eigenvalue weighted by molar-refractivity contribution is 5.97. The molecule has 0 atom stereocenters. The third kappa shape index (κ3) is 5.20. The second-order valence-corrected chi connectivity index (χ2v) is 11.5. The zero-order valence-electron chi connectivity index (χ0n) is 22.7. The van der Waals surface area contributed by atoms with E-state index >= 15 is 0 Å². The molecule has 39 heavy (non-hydrogen) atoms. The molecule has 6 rings (SSSR count). The Morgan fingerprint density at radius 3 is 2.64 bits per heavy atom. The topological polar surface area (TPSA) is 119 Å². The summed E-state index contributed by atoms with van der Waals surface area (Å²) >= 11 is 0. The van der Waals surface area contributed by atoms with E-state index in [0.717, 1.165) is 70.8 Å². The lowest BCUT2D eigenvalue weighted by Gasteiger charge is -2.33. The number of H-pyrrole nitrogens is 2. The Morgan fingerprint density at radius 2 is 1.85 bits per heavy atom. The first kappa shape index (κ1) is 25.0. The largest absolute Gasteiger partial charge is 0.352 e. The molecule has 10 heteroatoms. The molecule has 3 N–H and O–H groups in total. The van der Waals surface area contributed by atoms with Crippen molar-refractivity contribution in [1.82, 2.24) is 35.0 Å². The van der Waals surface area contributed by atoms with Gasteiger partial charge in [0, 0.05) is 55.9 Å². The van der Waals surface area contributed by atoms with Crippen LogP contribution >= 0.6 is 0 Å². The van der Waals surface area contributed by atoms with Crippen LogP contribution in [-0.2, 0) is 4.79 Å². The maximum absolute atomic E-state index is 12.5. The van der Waals surface area contributed by atoms with E-state index in [4.69, 9.17) is 4.98 Å². The summed E-state index contributed by atoms with van der Waals surface area (Å²) in [6.07, 6.45) is 5.74. The fourth-order valence-corrected chi connectivity index (χ4v) is 5.01. The van der Waals surface area contributed by atoms with E-state index in [0.29, 0.717) is 17.9 Å². The van der Waals surface area contributed by atoms with Gasteiger partial charge in [0.05, 0.1) is 22.9 Å². The third-order valence-electron chi connectivity index (χ3n) is 7.02. The van der Waals surface area contributed by atoms with Crippen molar-refractivity contribution in [2.24, 2.45) is 5.41 Å². The molecule has 1 amide bonds. The van der Waals surface area contributed by atoms with Crippen LogP contribution in [0.4, 0.5) is 11.5 Å². The second-order valence-electron chi connectivity index (χ2n) is 11.5. The monoisotopic (exact) mass is 523 g/mol. The standard InChI is InChI=1S/C29H33N9O/c1-29(2,3)15-24(39)32-20-13-19(16-30-17-20)18-5-6-22-21(14-18)25(36-35-22)27-33-23-7-8-31-28(26(23)34-27)38-11-9-37(4)10-12-38/h5-8,13-14,16-17H,9-12,15H2,1-4H3,(H,32,39)(H,33,34)(H,35,36). The van der Waals surface area contributed by atoms with E-state index in [1.807, 2.05) is 51.2 Å². The smallest absolute Gasteiger partial charge is 0.224 e. The summed E-state index contributed by atoms with van der Waals surface area (Å²) in [5.41, 5.74) is 5.91. The Kier molecular flexibility index (Phi) is 6.26. The van der Waals surface area contributed by atoms with Gasteiger partial charge in [-0.1, -0.05) is 26.8 Å². The number of rotatable bonds is 5. The Hall–Kier alpha value is -4.31. The number of aromatic nitrogens is 6. The number of imidazole rings is 1. The van der Waals surface area contributed by atoms with E-state index in [9.17, 15) is 4.79 Å². The van der Waals surface area contributed by atoms with Gasteiger partial charge in [-0.25, -0.2) is 9.97 Å². The predicted octanol–water partition coefficient (Wildman–Crippen LogP) is 4.69. The molecule has 0 bridgehead atoms. The van der Waals surface area contributed by atoms with Gasteiger partial charge in [0.2, 0.25) is 5.91 Å². The van der Waals surface area contributed by atoms with Gasteiger partial charge in [0.1, 0.15) is 11.2 Å². The molecule has 1 aliphatic heterocycles. The van der Waals surface area contributed by atoms with Gasteiger partial charge in [0.15, 0.2) is 11.6 Å². The molecule has 1 aromatic carbocycles. The van der Waals surface area contributed by atoms with Gasteiger partial charge in [-0.2, -0.15) is 5.10 Å². The van der Waals surface area contributed by atoms with Crippen LogP contribution in [0.25, 0.3) is 44.6 Å². The Bertz CT molecular complexity index is 1650. The molecule has 0 unspecified atom stereocenters. The number of carbonyl (C=O) groups is 1. The van der Waals surface area contributed by atoms with Gasteiger partial charge in [-0.05, 0) is 42.3 Å². The Morgan fingerprint density at radius 1 is 1.03 bits per heavy atom. The van der Waals surface area contributed by atoms with Crippen molar-refractivity contribution in [1.29, 1.82) is 0 Å². The predicted molar refractivity (Wildman–Crippen MR) is 155 cm³/mol. The number of hydrogen-bond acceptors (Lipinski definition) is 7. The molecule has 4 aromatic heterocycles. The van der Waals surface area contributed by atoms with Crippen molar-refractivity contribution in [2.75, 3.05) is 43.4 Å². The molecular weight excluding hydrogens is 490 g/mol. The number of amides is 1. The van der Waals surface area contributed by atoms with Gasteiger partial charge < -0.3 is 20.1 Å². The van der Waals surface area contributed by atoms with Crippen molar-refractivity contribution in [3.63, 3.8) is 0 Å². The number of piperazine rings is 1. The van der Waals surface area contributed by atoms with Crippen LogP contribution in [0, 0.1) is 5.41 Å². The molecule has 200 valence electrons. The molecule has 0 aliphatic carbocycles. The number of nitrogens with one attached hydrogen (secondary N) is 3. The Balaban J connectivity index is 1.32. The molecule has 10 nitrogen and oxygen atoms in total. The quantitative estimate of drug-likeness (QED) is 0.306. The molecule has 5 aromatic rings. The molecule has 5 heterocycles. The van der Waals surface area contributed by atoms with E-state index in [1.165, 1.54) is 0 Å². The van der Waals surface area contributed by atoms with Crippen molar-refractivity contribution >= 4 is 39.3 Å². The highest BCUT2D eigenvalue weighted by Gasteiger charge is 2.21. The van der Waals surface area contributed by atoms with Crippen LogP contribution < -0.4 is 10.2 Å². The number of fused-ring (bicyclic) bond motifs is 2. The molecule has 1 saturated heterocycles. The lowest BCUT2D eigenvalue weighted by molar-refractivity contribution is -0.117. The number of anilines is 2. The first-order valence-corrected chi connectivity index (χ1v) is 13.3. The van der Waals surface area contributed by atoms with Crippen LogP contribution in [0.5, 0.6) is 0 Å². The van der Waals surface area contributed by atoms with Gasteiger partial charge in [-0.3, -0.25) is 14.9 Å². The fourth-order valence-electron chi connectivity index (χ4n) is 5.01. The van der Waals surface area contributed by atoms with Crippen molar-refractivity contribution < 1.29 is 4.79 Å². The zero-order chi connectivity index (χ0) is 27.1. The third-order valence-corrected chi connectivity index (χ3v) is 7.02. The number of nitrogens with zero attached hydrogens (tertiary/aromatic N) is 6. The van der Waals surface area contributed by atoms with Crippen LogP contribution in [0.15, 0.2) is 48.9 Å². The van der Waals surface area contributed by atoms with E-state index in [1.54, 1.807) is 12.4 Å². The van der Waals surface area contributed by atoms with Gasteiger partial charge >= 0.3 is 0 Å². The maximum atomic E-state index is 12.5. The second kappa shape index (κ2) is 9.77. The first-order chi connectivity index (χ1) is 18.7. The van der Waals surface area contributed by atoms with E-state index in [2.05, 4.69) is 53.4 Å². The number of likely N-dealkylation sites (N-methyl/N-ethyl adjacent to an activating group) is 1. The van der Waals surface area contributed by atoms with Crippen molar-refractivity contribution in [3.05, 3.63) is 48.9 Å². The number of aromatic amines is 2. The molecular formula is C29H33N9O. The highest BCUT2D eigenvalue weighted by atomic mass is 16.1. The highest BCUT2D eigenvalue weighted by Crippen LogP contribution is 2.32. The lowest BCUT2D eigenvalue weighted by atomic mass is 9.92. The molecule has 1 fully saturated rings. The average Bonchev–Trinajstić information content (AvgIpc) is 3.52. The SMILES string of the molecule is CN1CCN(c2nccc3[nH]c(-c4n[nH]c5ccc(-c6cncc(NC(=O)CC(C)(C)C)c6)cc45)nc23)CC1. The summed E-state index contributed by atoms with van der Waals surface area (Å²) < 4.78 is 0. The number of benzene rings is 1. The molecule has 0 radical (unpaired) electrons. The minimum atomic E-state index is -0.0875. The minimum Gasteiger partial charge on any atom is -0.352 e. The fraction of sp³-hybridized carbons (Fsp3) is 0.345. The number of pyridine rings is 2. The van der Waals surface area contributed by atoms with Crippen LogP contribution in [0.3, 0.4) is 0 Å². The lowest BCUT2D eigenvalue weighted by Crippen LogP contribution is -2.44. The normalized spacial score (nSPS) is 14.8. The summed E-state index contributed by atoms with van der Waals surface area (Å²) in [6, 6.07) is 10.0. The first-order valence-electron chi connectivity index (χ1n) is 13.3. The van der Waals surface area contributed by atoms with Crippen LogP contribution in [-0.4, -0.2) is 74.2 Å². The van der Waals surface area contributed by atoms with Gasteiger partial charge in [0.25, 0.3) is 0 Å². The summed E-state index contributed by atoms with van der Waals surface area (Å²) in [5.74, 6) is 1.57. The van der Waals surface area contributed by atoms with Crippen molar-refractivity contribution in [3.8, 4) is 22.6 Å². The number of hydrogen-bond donors (Lipinski definition) is 3. The van der Waals surface area contributed by atoms with E-state index in [-0.39, 0.29) is 11.3 Å². The maximum Gasteiger partial charge on any atom is 0.224 e. The summed E-state index contributed by atoms with van der Waals surface area (Å²) in [4.78, 5) is 34.6. The van der Waals surface area contributed by atoms with E-state index < -0.39 is 0 Å². The zero-order valence-corrected chi connectivity index (χ0v) is 22.7. The van der Waals surface area contributed by atoms with Crippen molar-refractivity contribution in [2.45, 2.75) is 27.2 Å². The van der Waals surface area contributed by atoms with Crippen LogP contribution in [0.2, 0.25) is 0 Å². The molecule has 0 saturated carbocycles. The summed E-state index contributed by atoms with van der Waals surface area (Å²) in [5, 5.41) is 11.7. The van der Waals surface area contributed by atoms with Gasteiger partial charge in [-0.15, -0.1) is 0 Å². The summed E-state index contributed by atoms with van der Waals surface area (Å²) in [7, 11) is 2.14. The Labute approximate surface area is 226 Å². The number of carbonyl (C=O) groups excluding carboxylic acids is 1. The minimum absolute atomic E-state index is 0.0238. The molecule has 1 aliphatic rings. The van der Waals surface area contributed by atoms with Crippen LogP contribution in [0.1, 0.15) is 27.2 Å². The molecule has 0 spiro atoms. The average molecular weight is 524 g/mol.